The van der Waals surface area contributed by atoms with E-state index in [-0.39, 0.29) is 23.4 Å². The van der Waals surface area contributed by atoms with Crippen LogP contribution in [0, 0.1) is 17.6 Å². The zero-order valence-electron chi connectivity index (χ0n) is 20.5. The molecule has 0 bridgehead atoms. The van der Waals surface area contributed by atoms with E-state index < -0.39 is 11.9 Å². The number of hydrogen-bond donors (Lipinski definition) is 2. The van der Waals surface area contributed by atoms with Gasteiger partial charge in [0.2, 0.25) is 0 Å². The van der Waals surface area contributed by atoms with E-state index in [1.165, 1.54) is 18.2 Å². The predicted octanol–water partition coefficient (Wildman–Crippen LogP) is 3.25. The van der Waals surface area contributed by atoms with Crippen LogP contribution in [-0.4, -0.2) is 60.8 Å². The van der Waals surface area contributed by atoms with Gasteiger partial charge in [0.25, 0.3) is 5.91 Å². The number of fused-ring (bicyclic) bond motifs is 1. The molecule has 1 saturated carbocycles. The molecule has 190 valence electrons. The van der Waals surface area contributed by atoms with Crippen LogP contribution in [0.4, 0.5) is 8.78 Å². The first-order chi connectivity index (χ1) is 17.5. The first-order valence-corrected chi connectivity index (χ1v) is 12.7. The van der Waals surface area contributed by atoms with Crippen molar-refractivity contribution in [3.8, 4) is 0 Å². The molecule has 2 aromatic rings. The summed E-state index contributed by atoms with van der Waals surface area (Å²) in [5.41, 5.74) is 2.96. The number of piperazine rings is 1. The van der Waals surface area contributed by atoms with Crippen LogP contribution in [0.1, 0.15) is 42.5 Å². The Kier molecular flexibility index (Phi) is 7.16. The lowest BCUT2D eigenvalue weighted by atomic mass is 9.91. The fraction of sp³-hybridized carbons (Fsp3) is 0.429. The highest BCUT2D eigenvalue weighted by Crippen LogP contribution is 2.39. The molecule has 5 rings (SSSR count). The van der Waals surface area contributed by atoms with E-state index in [0.29, 0.717) is 48.3 Å². The molecular formula is C28H32F2N4O2. The molecule has 2 fully saturated rings. The van der Waals surface area contributed by atoms with Crippen molar-refractivity contribution in [2.75, 3.05) is 39.3 Å². The first-order valence-electron chi connectivity index (χ1n) is 12.7. The van der Waals surface area contributed by atoms with Crippen molar-refractivity contribution in [3.05, 3.63) is 76.5 Å². The van der Waals surface area contributed by atoms with Crippen molar-refractivity contribution in [1.82, 2.24) is 20.4 Å². The number of Topliss-reactive ketones (excluding diaryl/α,β-unsaturated/α-hetero) is 1. The van der Waals surface area contributed by atoms with Crippen LogP contribution < -0.4 is 10.6 Å². The molecule has 3 aliphatic rings. The van der Waals surface area contributed by atoms with Crippen LogP contribution >= 0.6 is 0 Å². The van der Waals surface area contributed by atoms with Gasteiger partial charge in [0.15, 0.2) is 0 Å². The van der Waals surface area contributed by atoms with Crippen molar-refractivity contribution in [3.63, 3.8) is 0 Å². The third kappa shape index (κ3) is 5.06. The molecule has 0 aromatic heterocycles. The van der Waals surface area contributed by atoms with E-state index in [0.717, 1.165) is 38.3 Å². The Morgan fingerprint density at radius 2 is 1.92 bits per heavy atom. The summed E-state index contributed by atoms with van der Waals surface area (Å²) in [5, 5.41) is 6.40. The fourth-order valence-corrected chi connectivity index (χ4v) is 5.34. The first kappa shape index (κ1) is 24.6. The number of nitrogens with one attached hydrogen (secondary N) is 2. The van der Waals surface area contributed by atoms with Gasteiger partial charge in [0, 0.05) is 69.4 Å². The number of benzene rings is 2. The van der Waals surface area contributed by atoms with E-state index in [1.54, 1.807) is 24.3 Å². The number of halogens is 2. The van der Waals surface area contributed by atoms with Gasteiger partial charge in [-0.2, -0.15) is 0 Å². The Hall–Kier alpha value is -3.10. The molecule has 6 nitrogen and oxygen atoms in total. The van der Waals surface area contributed by atoms with Crippen molar-refractivity contribution >= 4 is 17.3 Å². The summed E-state index contributed by atoms with van der Waals surface area (Å²) in [6.07, 6.45) is 1.20. The van der Waals surface area contributed by atoms with Crippen molar-refractivity contribution in [2.24, 2.45) is 5.92 Å². The Morgan fingerprint density at radius 1 is 1.17 bits per heavy atom. The van der Waals surface area contributed by atoms with Gasteiger partial charge in [-0.25, -0.2) is 8.78 Å². The van der Waals surface area contributed by atoms with Gasteiger partial charge in [-0.3, -0.25) is 14.5 Å². The SMILES string of the molecule is CCCN1Cc2c(F)cccc2C(C(=O)N[C@H](c2cccc(F)c2)C2CC2=O)=C1CN1CCNCC1. The molecule has 2 atom stereocenters. The maximum Gasteiger partial charge on any atom is 0.254 e. The third-order valence-corrected chi connectivity index (χ3v) is 7.28. The number of nitrogens with zero attached hydrogens (tertiary/aromatic N) is 2. The van der Waals surface area contributed by atoms with E-state index >= 15 is 0 Å². The smallest absolute Gasteiger partial charge is 0.254 e. The molecule has 8 heteroatoms. The van der Waals surface area contributed by atoms with E-state index in [4.69, 9.17) is 0 Å². The molecule has 0 spiro atoms. The number of ketones is 1. The molecule has 2 heterocycles. The lowest BCUT2D eigenvalue weighted by molar-refractivity contribution is -0.116. The van der Waals surface area contributed by atoms with Crippen molar-refractivity contribution < 1.29 is 18.4 Å². The standard InChI is InChI=1S/C28H32F2N4O2/c1-2-11-34-16-22-20(7-4-8-23(22)30)26(24(34)17-33-12-9-31-10-13-33)28(36)32-27(21-15-25(21)35)18-5-3-6-19(29)14-18/h3-8,14,21,27,31H,2,9-13,15-17H2,1H3,(H,32,36)/t21?,27-/m1/s1. The zero-order valence-corrected chi connectivity index (χ0v) is 20.5. The molecule has 0 radical (unpaired) electrons. The monoisotopic (exact) mass is 494 g/mol. The summed E-state index contributed by atoms with van der Waals surface area (Å²) in [5.74, 6) is -1.45. The van der Waals surface area contributed by atoms with E-state index in [9.17, 15) is 18.4 Å². The molecule has 1 aliphatic carbocycles. The molecule has 1 saturated heterocycles. The normalized spacial score (nSPS) is 20.8. The van der Waals surface area contributed by atoms with Crippen LogP contribution in [0.5, 0.6) is 0 Å². The number of carbonyl (C=O) groups excluding carboxylic acids is 2. The predicted molar refractivity (Wildman–Crippen MR) is 134 cm³/mol. The van der Waals surface area contributed by atoms with Crippen LogP contribution in [0.3, 0.4) is 0 Å². The fourth-order valence-electron chi connectivity index (χ4n) is 5.34. The van der Waals surface area contributed by atoms with Gasteiger partial charge in [-0.05, 0) is 35.7 Å². The highest BCUT2D eigenvalue weighted by Gasteiger charge is 2.44. The minimum atomic E-state index is -0.632. The van der Waals surface area contributed by atoms with Crippen LogP contribution in [-0.2, 0) is 16.1 Å². The second-order valence-corrected chi connectivity index (χ2v) is 9.82. The van der Waals surface area contributed by atoms with Gasteiger partial charge < -0.3 is 15.5 Å². The average molecular weight is 495 g/mol. The lowest BCUT2D eigenvalue weighted by Gasteiger charge is -2.38. The average Bonchev–Trinajstić information content (AvgIpc) is 3.60. The van der Waals surface area contributed by atoms with Crippen LogP contribution in [0.2, 0.25) is 0 Å². The maximum absolute atomic E-state index is 15.0. The maximum atomic E-state index is 15.0. The van der Waals surface area contributed by atoms with Gasteiger partial charge in [0.05, 0.1) is 11.6 Å². The quantitative estimate of drug-likeness (QED) is 0.590. The zero-order chi connectivity index (χ0) is 25.2. The lowest BCUT2D eigenvalue weighted by Crippen LogP contribution is -2.47. The minimum Gasteiger partial charge on any atom is -0.369 e. The van der Waals surface area contributed by atoms with Crippen molar-refractivity contribution in [2.45, 2.75) is 32.4 Å². The Balaban J connectivity index is 1.56. The van der Waals surface area contributed by atoms with Gasteiger partial charge >= 0.3 is 0 Å². The van der Waals surface area contributed by atoms with Crippen molar-refractivity contribution in [1.29, 1.82) is 0 Å². The minimum absolute atomic E-state index is 0.0438. The van der Waals surface area contributed by atoms with E-state index in [2.05, 4.69) is 27.4 Å². The summed E-state index contributed by atoms with van der Waals surface area (Å²) >= 11 is 0. The van der Waals surface area contributed by atoms with Gasteiger partial charge in [-0.15, -0.1) is 0 Å². The molecule has 2 N–H and O–H groups in total. The van der Waals surface area contributed by atoms with Gasteiger partial charge in [-0.1, -0.05) is 31.2 Å². The third-order valence-electron chi connectivity index (χ3n) is 7.28. The topological polar surface area (TPSA) is 64.7 Å². The van der Waals surface area contributed by atoms with Gasteiger partial charge in [0.1, 0.15) is 17.4 Å². The number of carbonyl (C=O) groups is 2. The summed E-state index contributed by atoms with van der Waals surface area (Å²) in [4.78, 5) is 30.6. The molecule has 1 unspecified atom stereocenters. The second-order valence-electron chi connectivity index (χ2n) is 9.82. The Bertz CT molecular complexity index is 1190. The summed E-state index contributed by atoms with van der Waals surface area (Å²) in [6, 6.07) is 10.2. The summed E-state index contributed by atoms with van der Waals surface area (Å²) < 4.78 is 29.0. The molecule has 2 aliphatic heterocycles. The summed E-state index contributed by atoms with van der Waals surface area (Å²) in [7, 11) is 0. The molecular weight excluding hydrogens is 462 g/mol. The summed E-state index contributed by atoms with van der Waals surface area (Å²) in [6.45, 7) is 7.21. The molecule has 2 aromatic carbocycles. The molecule has 1 amide bonds. The number of amides is 1. The largest absolute Gasteiger partial charge is 0.369 e. The van der Waals surface area contributed by atoms with Crippen LogP contribution in [0.15, 0.2) is 48.2 Å². The van der Waals surface area contributed by atoms with E-state index in [1.807, 2.05) is 0 Å². The number of rotatable bonds is 8. The van der Waals surface area contributed by atoms with Crippen LogP contribution in [0.25, 0.3) is 5.57 Å². The Morgan fingerprint density at radius 3 is 2.61 bits per heavy atom. The second kappa shape index (κ2) is 10.5. The highest BCUT2D eigenvalue weighted by atomic mass is 19.1. The number of hydrogen-bond acceptors (Lipinski definition) is 5. The Labute approximate surface area is 210 Å². The molecule has 36 heavy (non-hydrogen) atoms. The highest BCUT2D eigenvalue weighted by molar-refractivity contribution is 6.21.